The van der Waals surface area contributed by atoms with Gasteiger partial charge in [0.25, 0.3) is 0 Å². The average Bonchev–Trinajstić information content (AvgIpc) is 2.74. The molecule has 2 aromatic rings. The van der Waals surface area contributed by atoms with E-state index < -0.39 is 26.0 Å². The van der Waals surface area contributed by atoms with E-state index in [-0.39, 0.29) is 13.0 Å². The molecule has 0 aliphatic carbocycles. The molecule has 0 radical (unpaired) electrons. The van der Waals surface area contributed by atoms with Crippen molar-refractivity contribution in [1.82, 2.24) is 9.80 Å². The third-order valence-electron chi connectivity index (χ3n) is 4.06. The lowest BCUT2D eigenvalue weighted by Crippen LogP contribution is -2.45. The molecule has 0 N–H and O–H groups in total. The minimum atomic E-state index is -2.76. The van der Waals surface area contributed by atoms with E-state index in [1.807, 2.05) is 47.4 Å². The van der Waals surface area contributed by atoms with E-state index in [1.165, 1.54) is 0 Å². The first-order chi connectivity index (χ1) is 15.2. The van der Waals surface area contributed by atoms with Crippen molar-refractivity contribution in [1.29, 1.82) is 0 Å². The second-order valence-electron chi connectivity index (χ2n) is 5.84. The molecule has 1 fully saturated rings. The minimum absolute atomic E-state index is 0.186. The Balaban J connectivity index is 1.63. The molecule has 132 valence electrons. The normalized spacial score (nSPS) is 30.9. The zero-order valence-electron chi connectivity index (χ0n) is 21.8. The number of nitrogens with zero attached hydrogens (tertiary/aromatic N) is 3. The van der Waals surface area contributed by atoms with Crippen LogP contribution >= 0.6 is 23.4 Å². The summed E-state index contributed by atoms with van der Waals surface area (Å²) in [6, 6.07) is 13.4. The molecule has 0 atom stereocenters. The van der Waals surface area contributed by atoms with E-state index >= 15 is 0 Å². The number of anilines is 2. The lowest BCUT2D eigenvalue weighted by atomic mass is 10.2. The van der Waals surface area contributed by atoms with Crippen LogP contribution in [0.4, 0.5) is 11.4 Å². The Hall–Kier alpha value is -1.20. The molecule has 4 rings (SSSR count). The topological polar surface area (TPSA) is 9.72 Å². The molecule has 0 unspecified atom stereocenters. The van der Waals surface area contributed by atoms with Gasteiger partial charge in [0, 0.05) is 58.3 Å². The Morgan fingerprint density at radius 3 is 2.60 bits per heavy atom. The summed E-state index contributed by atoms with van der Waals surface area (Å²) in [7, 11) is 1.07. The zero-order valence-corrected chi connectivity index (χ0v) is 15.4. The van der Waals surface area contributed by atoms with Crippen LogP contribution in [0.5, 0.6) is 0 Å². The van der Waals surface area contributed by atoms with Gasteiger partial charge in [-0.3, -0.25) is 0 Å². The maximum absolute atomic E-state index is 8.37. The lowest BCUT2D eigenvalue weighted by molar-refractivity contribution is 0.153. The molecule has 0 amide bonds. The predicted molar refractivity (Wildman–Crippen MR) is 108 cm³/mol. The fourth-order valence-corrected chi connectivity index (χ4v) is 4.11. The summed E-state index contributed by atoms with van der Waals surface area (Å²) in [6.45, 7) is -10.8. The molecule has 2 heterocycles. The van der Waals surface area contributed by atoms with Crippen molar-refractivity contribution in [2.24, 2.45) is 0 Å². The first kappa shape index (κ1) is 10.2. The number of likely N-dealkylation sites (N-methyl/N-ethyl adjacent to an activating group) is 1. The monoisotopic (exact) mass is 381 g/mol. The Kier molecular flexibility index (Phi) is 3.10. The molecule has 0 spiro atoms. The van der Waals surface area contributed by atoms with Crippen LogP contribution in [0.25, 0.3) is 0 Å². The van der Waals surface area contributed by atoms with E-state index in [9.17, 15) is 0 Å². The van der Waals surface area contributed by atoms with Crippen molar-refractivity contribution in [2.75, 3.05) is 51.0 Å². The second kappa shape index (κ2) is 7.58. The SMILES string of the molecule is [2H]C1([2H])N(C)C([2H])([2H])C([2H])([2H])N(CCCN2c3ccccc3Sc3ccc(Cl)cc32)C1([2H])[2H]. The van der Waals surface area contributed by atoms with Crippen LogP contribution in [0.2, 0.25) is 5.02 Å². The molecule has 2 aliphatic heterocycles. The molecular weight excluding hydrogens is 350 g/mol. The van der Waals surface area contributed by atoms with Crippen LogP contribution in [0.1, 0.15) is 17.4 Å². The molecule has 5 heteroatoms. The number of halogens is 1. The van der Waals surface area contributed by atoms with Crippen LogP contribution < -0.4 is 4.90 Å². The average molecular weight is 382 g/mol. The number of hydrogen-bond donors (Lipinski definition) is 0. The number of piperazine rings is 1. The maximum atomic E-state index is 8.37. The lowest BCUT2D eigenvalue weighted by Gasteiger charge is -2.35. The zero-order chi connectivity index (χ0) is 24.4. The van der Waals surface area contributed by atoms with E-state index in [4.69, 9.17) is 22.6 Å². The molecule has 3 nitrogen and oxygen atoms in total. The standard InChI is InChI=1S/C20H24ClN3S/c1-22-11-13-23(14-12-22)9-4-10-24-17-5-2-3-6-19(17)25-20-8-7-16(21)15-18(20)24/h2-3,5-8,15H,4,9-14H2,1H3/i11D2,12D2,13D2,14D2. The van der Waals surface area contributed by atoms with Gasteiger partial charge in [0.15, 0.2) is 0 Å². The van der Waals surface area contributed by atoms with Crippen LogP contribution in [0, 0.1) is 0 Å². The fraction of sp³-hybridized carbons (Fsp3) is 0.400. The summed E-state index contributed by atoms with van der Waals surface area (Å²) in [6.07, 6.45) is 0.264. The van der Waals surface area contributed by atoms with Crippen LogP contribution in [0.3, 0.4) is 0 Å². The van der Waals surface area contributed by atoms with Crippen LogP contribution in [-0.2, 0) is 0 Å². The first-order valence-corrected chi connectivity index (χ1v) is 9.28. The third-order valence-corrected chi connectivity index (χ3v) is 5.42. The Morgan fingerprint density at radius 1 is 1.00 bits per heavy atom. The van der Waals surface area contributed by atoms with Crippen molar-refractivity contribution in [3.05, 3.63) is 47.5 Å². The summed E-state index contributed by atoms with van der Waals surface area (Å²) < 4.78 is 66.2. The van der Waals surface area contributed by atoms with Gasteiger partial charge in [-0.05, 0) is 50.3 Å². The molecule has 2 aliphatic rings. The van der Waals surface area contributed by atoms with Crippen molar-refractivity contribution in [3.8, 4) is 0 Å². The van der Waals surface area contributed by atoms with E-state index in [0.717, 1.165) is 28.2 Å². The Bertz CT molecular complexity index is 1040. The van der Waals surface area contributed by atoms with Gasteiger partial charge in [-0.2, -0.15) is 0 Å². The van der Waals surface area contributed by atoms with E-state index in [0.29, 0.717) is 21.4 Å². The smallest absolute Gasteiger partial charge is 0.0567 e. The van der Waals surface area contributed by atoms with Gasteiger partial charge in [-0.1, -0.05) is 35.5 Å². The first-order valence-electron chi connectivity index (χ1n) is 12.1. The van der Waals surface area contributed by atoms with Gasteiger partial charge in [-0.15, -0.1) is 0 Å². The highest BCUT2D eigenvalue weighted by molar-refractivity contribution is 7.99. The van der Waals surface area contributed by atoms with E-state index in [2.05, 4.69) is 0 Å². The van der Waals surface area contributed by atoms with Gasteiger partial charge < -0.3 is 14.7 Å². The van der Waals surface area contributed by atoms with Gasteiger partial charge in [-0.25, -0.2) is 0 Å². The second-order valence-corrected chi connectivity index (χ2v) is 7.37. The summed E-state index contributed by atoms with van der Waals surface area (Å²) in [5, 5.41) is 0.576. The number of hydrogen-bond acceptors (Lipinski definition) is 4. The molecule has 25 heavy (non-hydrogen) atoms. The van der Waals surface area contributed by atoms with Crippen LogP contribution in [0.15, 0.2) is 52.3 Å². The van der Waals surface area contributed by atoms with Crippen molar-refractivity contribution in [2.45, 2.75) is 16.2 Å². The summed E-state index contributed by atoms with van der Waals surface area (Å²) in [4.78, 5) is 5.29. The van der Waals surface area contributed by atoms with E-state index in [1.54, 1.807) is 11.8 Å². The molecule has 1 saturated heterocycles. The number of benzene rings is 2. The fourth-order valence-electron chi connectivity index (χ4n) is 2.87. The van der Waals surface area contributed by atoms with Gasteiger partial charge in [0.05, 0.1) is 11.4 Å². The van der Waals surface area contributed by atoms with Crippen molar-refractivity contribution in [3.63, 3.8) is 0 Å². The third kappa shape index (κ3) is 3.82. The highest BCUT2D eigenvalue weighted by Gasteiger charge is 2.23. The highest BCUT2D eigenvalue weighted by atomic mass is 35.5. The highest BCUT2D eigenvalue weighted by Crippen LogP contribution is 2.48. The summed E-state index contributed by atoms with van der Waals surface area (Å²) in [5.41, 5.74) is 1.84. The van der Waals surface area contributed by atoms with Crippen molar-refractivity contribution >= 4 is 34.7 Å². The summed E-state index contributed by atoms with van der Waals surface area (Å²) >= 11 is 7.87. The summed E-state index contributed by atoms with van der Waals surface area (Å²) in [5.74, 6) is 0. The molecule has 2 aromatic carbocycles. The van der Waals surface area contributed by atoms with Gasteiger partial charge >= 0.3 is 0 Å². The minimum Gasteiger partial charge on any atom is -0.340 e. The Labute approximate surface area is 170 Å². The number of para-hydroxylation sites is 1. The number of rotatable bonds is 4. The molecule has 0 aromatic heterocycles. The predicted octanol–water partition coefficient (Wildman–Crippen LogP) is 4.58. The molecular formula is C20H24ClN3S. The maximum Gasteiger partial charge on any atom is 0.0567 e. The largest absolute Gasteiger partial charge is 0.340 e. The van der Waals surface area contributed by atoms with Gasteiger partial charge in [0.1, 0.15) is 0 Å². The molecule has 0 bridgehead atoms. The van der Waals surface area contributed by atoms with Gasteiger partial charge in [0.2, 0.25) is 0 Å². The van der Waals surface area contributed by atoms with Crippen LogP contribution in [-0.4, -0.2) is 55.9 Å². The molecule has 0 saturated carbocycles. The quantitative estimate of drug-likeness (QED) is 0.766. The Morgan fingerprint density at radius 2 is 1.76 bits per heavy atom. The number of fused-ring (bicyclic) bond motifs is 2. The van der Waals surface area contributed by atoms with Crippen molar-refractivity contribution < 1.29 is 11.0 Å².